The van der Waals surface area contributed by atoms with Crippen LogP contribution in [0.4, 0.5) is 0 Å². The van der Waals surface area contributed by atoms with E-state index in [1.165, 1.54) is 7.11 Å². The predicted octanol–water partition coefficient (Wildman–Crippen LogP) is 0.700. The van der Waals surface area contributed by atoms with Gasteiger partial charge in [-0.15, -0.1) is 11.8 Å². The molecule has 0 aromatic carbocycles. The van der Waals surface area contributed by atoms with Crippen molar-refractivity contribution in [1.82, 2.24) is 0 Å². The molecule has 0 aliphatic heterocycles. The minimum Gasteiger partial charge on any atom is -0.469 e. The summed E-state index contributed by atoms with van der Waals surface area (Å²) in [6, 6.07) is 0. The number of ether oxygens (including phenoxy) is 2. The Bertz CT molecular complexity index is 483. The standard InChI is InChI=1S/C13H20O6S/c1-4-19-13(15)11(20(3,16)17)9-7-5-6-8-10-12(14)18-2/h11H,4,6,8-10H2,1-3H3. The van der Waals surface area contributed by atoms with Crippen LogP contribution in [0, 0.1) is 11.8 Å². The van der Waals surface area contributed by atoms with Crippen molar-refractivity contribution in [3.8, 4) is 11.8 Å². The maximum Gasteiger partial charge on any atom is 0.325 e. The van der Waals surface area contributed by atoms with E-state index >= 15 is 0 Å². The van der Waals surface area contributed by atoms with Gasteiger partial charge >= 0.3 is 11.9 Å². The van der Waals surface area contributed by atoms with Crippen molar-refractivity contribution in [2.24, 2.45) is 0 Å². The lowest BCUT2D eigenvalue weighted by Gasteiger charge is -2.10. The summed E-state index contributed by atoms with van der Waals surface area (Å²) in [5.74, 6) is 4.28. The maximum atomic E-state index is 11.5. The average molecular weight is 304 g/mol. The van der Waals surface area contributed by atoms with Gasteiger partial charge in [-0.25, -0.2) is 8.42 Å². The SMILES string of the molecule is CCOC(=O)C(CC#CCCCC(=O)OC)S(C)(=O)=O. The van der Waals surface area contributed by atoms with Gasteiger partial charge in [0.2, 0.25) is 0 Å². The van der Waals surface area contributed by atoms with Gasteiger partial charge in [-0.3, -0.25) is 9.59 Å². The van der Waals surface area contributed by atoms with E-state index in [0.29, 0.717) is 12.8 Å². The molecule has 0 heterocycles. The number of carbonyl (C=O) groups excluding carboxylic acids is 2. The molecule has 1 unspecified atom stereocenters. The summed E-state index contributed by atoms with van der Waals surface area (Å²) < 4.78 is 32.1. The summed E-state index contributed by atoms with van der Waals surface area (Å²) >= 11 is 0. The zero-order valence-electron chi connectivity index (χ0n) is 12.0. The Morgan fingerprint density at radius 2 is 1.90 bits per heavy atom. The first-order valence-electron chi connectivity index (χ1n) is 6.21. The van der Waals surface area contributed by atoms with E-state index in [-0.39, 0.29) is 25.4 Å². The summed E-state index contributed by atoms with van der Waals surface area (Å²) in [5, 5.41) is -1.25. The minimum absolute atomic E-state index is 0.101. The van der Waals surface area contributed by atoms with Crippen LogP contribution in [0.5, 0.6) is 0 Å². The van der Waals surface area contributed by atoms with Gasteiger partial charge in [-0.1, -0.05) is 0 Å². The van der Waals surface area contributed by atoms with Crippen LogP contribution in [0.1, 0.15) is 32.6 Å². The number of sulfone groups is 1. The number of unbranched alkanes of at least 4 members (excludes halogenated alkanes) is 1. The molecule has 0 rings (SSSR count). The number of esters is 2. The highest BCUT2D eigenvalue weighted by molar-refractivity contribution is 7.92. The minimum atomic E-state index is -3.55. The molecule has 6 nitrogen and oxygen atoms in total. The fourth-order valence-corrected chi connectivity index (χ4v) is 2.12. The van der Waals surface area contributed by atoms with Gasteiger partial charge in [0.05, 0.1) is 13.7 Å². The fourth-order valence-electron chi connectivity index (χ4n) is 1.32. The third-order valence-electron chi connectivity index (χ3n) is 2.39. The third kappa shape index (κ3) is 7.79. The molecule has 0 aliphatic rings. The molecule has 0 amide bonds. The molecule has 0 aromatic rings. The van der Waals surface area contributed by atoms with Crippen LogP contribution in [0.25, 0.3) is 0 Å². The van der Waals surface area contributed by atoms with Crippen LogP contribution in [0.2, 0.25) is 0 Å². The van der Waals surface area contributed by atoms with Crippen LogP contribution in [0.3, 0.4) is 0 Å². The molecule has 0 radical (unpaired) electrons. The zero-order chi connectivity index (χ0) is 15.6. The van der Waals surface area contributed by atoms with Crippen molar-refractivity contribution in [2.45, 2.75) is 37.9 Å². The second-order valence-electron chi connectivity index (χ2n) is 4.06. The van der Waals surface area contributed by atoms with Gasteiger partial charge in [0.15, 0.2) is 15.1 Å². The predicted molar refractivity (Wildman–Crippen MR) is 73.5 cm³/mol. The number of hydrogen-bond donors (Lipinski definition) is 0. The van der Waals surface area contributed by atoms with Crippen molar-refractivity contribution in [1.29, 1.82) is 0 Å². The van der Waals surface area contributed by atoms with Crippen LogP contribution in [0.15, 0.2) is 0 Å². The molecule has 0 aromatic heterocycles. The van der Waals surface area contributed by atoms with Gasteiger partial charge in [-0.05, 0) is 13.3 Å². The first kappa shape index (κ1) is 18.4. The van der Waals surface area contributed by atoms with E-state index in [4.69, 9.17) is 4.74 Å². The molecular formula is C13H20O6S. The monoisotopic (exact) mass is 304 g/mol. The Morgan fingerprint density at radius 1 is 1.25 bits per heavy atom. The molecule has 7 heteroatoms. The van der Waals surface area contributed by atoms with Crippen molar-refractivity contribution >= 4 is 21.8 Å². The Hall–Kier alpha value is -1.55. The lowest BCUT2D eigenvalue weighted by Crippen LogP contribution is -2.31. The molecule has 0 saturated carbocycles. The van der Waals surface area contributed by atoms with Gasteiger partial charge in [0.1, 0.15) is 0 Å². The third-order valence-corrected chi connectivity index (χ3v) is 3.78. The second kappa shape index (κ2) is 9.37. The van der Waals surface area contributed by atoms with Crippen LogP contribution >= 0.6 is 0 Å². The highest BCUT2D eigenvalue weighted by atomic mass is 32.2. The van der Waals surface area contributed by atoms with Crippen molar-refractivity contribution < 1.29 is 27.5 Å². The van der Waals surface area contributed by atoms with Crippen LogP contribution < -0.4 is 0 Å². The molecule has 0 bridgehead atoms. The molecule has 114 valence electrons. The quantitative estimate of drug-likeness (QED) is 0.391. The van der Waals surface area contributed by atoms with Crippen LogP contribution in [-0.2, 0) is 28.9 Å². The average Bonchev–Trinajstić information content (AvgIpc) is 2.35. The molecule has 1 atom stereocenters. The van der Waals surface area contributed by atoms with E-state index in [1.54, 1.807) is 6.92 Å². The van der Waals surface area contributed by atoms with Gasteiger partial charge in [0, 0.05) is 25.5 Å². The van der Waals surface area contributed by atoms with Crippen molar-refractivity contribution in [3.63, 3.8) is 0 Å². The van der Waals surface area contributed by atoms with Gasteiger partial charge in [-0.2, -0.15) is 0 Å². The summed E-state index contributed by atoms with van der Waals surface area (Å²) in [6.07, 6.45) is 2.11. The summed E-state index contributed by atoms with van der Waals surface area (Å²) in [4.78, 5) is 22.3. The summed E-state index contributed by atoms with van der Waals surface area (Å²) in [5.41, 5.74) is 0. The topological polar surface area (TPSA) is 86.7 Å². The van der Waals surface area contributed by atoms with Crippen molar-refractivity contribution in [2.75, 3.05) is 20.0 Å². The molecule has 0 N–H and O–H groups in total. The van der Waals surface area contributed by atoms with E-state index in [1.807, 2.05) is 0 Å². The van der Waals surface area contributed by atoms with E-state index in [9.17, 15) is 18.0 Å². The molecule has 0 fully saturated rings. The first-order chi connectivity index (χ1) is 9.32. The zero-order valence-corrected chi connectivity index (χ0v) is 12.8. The Labute approximate surface area is 119 Å². The molecule has 20 heavy (non-hydrogen) atoms. The number of hydrogen-bond acceptors (Lipinski definition) is 6. The Balaban J connectivity index is 4.36. The molecule has 0 saturated heterocycles. The smallest absolute Gasteiger partial charge is 0.325 e. The lowest BCUT2D eigenvalue weighted by molar-refractivity contribution is -0.142. The Morgan fingerprint density at radius 3 is 2.40 bits per heavy atom. The summed E-state index contributed by atoms with van der Waals surface area (Å²) in [7, 11) is -2.24. The summed E-state index contributed by atoms with van der Waals surface area (Å²) in [6.45, 7) is 1.73. The lowest BCUT2D eigenvalue weighted by atomic mass is 10.2. The van der Waals surface area contributed by atoms with E-state index in [0.717, 1.165) is 6.26 Å². The number of methoxy groups -OCH3 is 1. The molecule has 0 spiro atoms. The number of carbonyl (C=O) groups is 2. The highest BCUT2D eigenvalue weighted by Crippen LogP contribution is 2.07. The van der Waals surface area contributed by atoms with Gasteiger partial charge in [0.25, 0.3) is 0 Å². The number of rotatable bonds is 7. The molecular weight excluding hydrogens is 284 g/mol. The Kier molecular flexibility index (Phi) is 8.64. The first-order valence-corrected chi connectivity index (χ1v) is 8.16. The largest absolute Gasteiger partial charge is 0.469 e. The van der Waals surface area contributed by atoms with Crippen molar-refractivity contribution in [3.05, 3.63) is 0 Å². The normalized spacial score (nSPS) is 11.9. The molecule has 0 aliphatic carbocycles. The highest BCUT2D eigenvalue weighted by Gasteiger charge is 2.29. The fraction of sp³-hybridized carbons (Fsp3) is 0.692. The van der Waals surface area contributed by atoms with E-state index in [2.05, 4.69) is 16.6 Å². The maximum absolute atomic E-state index is 11.5. The van der Waals surface area contributed by atoms with Gasteiger partial charge < -0.3 is 9.47 Å². The second-order valence-corrected chi connectivity index (χ2v) is 6.29. The van der Waals surface area contributed by atoms with E-state index < -0.39 is 21.1 Å². The van der Waals surface area contributed by atoms with Crippen LogP contribution in [-0.4, -0.2) is 45.6 Å².